The first-order valence-corrected chi connectivity index (χ1v) is 14.5. The van der Waals surface area contributed by atoms with E-state index >= 15 is 0 Å². The minimum absolute atomic E-state index is 0.0547. The largest absolute Gasteiger partial charge is 0.378 e. The molecule has 4 amide bonds. The lowest BCUT2D eigenvalue weighted by Crippen LogP contribution is -2.54. The maximum Gasteiger partial charge on any atom is 0.327 e. The van der Waals surface area contributed by atoms with Crippen molar-refractivity contribution < 1.29 is 23.1 Å². The molecule has 0 saturated carbocycles. The molecule has 2 atom stereocenters. The van der Waals surface area contributed by atoms with Gasteiger partial charge in [-0.3, -0.25) is 9.55 Å². The molecule has 0 unspecified atom stereocenters. The van der Waals surface area contributed by atoms with Crippen LogP contribution in [0.4, 0.5) is 18.4 Å². The highest BCUT2D eigenvalue weighted by atomic mass is 19.2. The Hall–Kier alpha value is -4.00. The Morgan fingerprint density at radius 2 is 1.71 bits per heavy atom. The zero-order valence-electron chi connectivity index (χ0n) is 23.3. The lowest BCUT2D eigenvalue weighted by atomic mass is 9.93. The molecule has 0 bridgehead atoms. The number of fused-ring (bicyclic) bond motifs is 1. The van der Waals surface area contributed by atoms with Crippen molar-refractivity contribution in [2.45, 2.75) is 43.7 Å². The number of morpholine rings is 1. The number of halogens is 2. The summed E-state index contributed by atoms with van der Waals surface area (Å²) in [6.45, 7) is 3.22. The lowest BCUT2D eigenvalue weighted by molar-refractivity contribution is 0.0426. The summed E-state index contributed by atoms with van der Waals surface area (Å²) in [5.41, 5.74) is 1.33. The van der Waals surface area contributed by atoms with Gasteiger partial charge in [-0.1, -0.05) is 12.1 Å². The van der Waals surface area contributed by atoms with Crippen molar-refractivity contribution in [3.63, 3.8) is 0 Å². The van der Waals surface area contributed by atoms with Gasteiger partial charge in [0.25, 0.3) is 0 Å². The molecule has 1 aromatic carbocycles. The van der Waals surface area contributed by atoms with Gasteiger partial charge in [0.05, 0.1) is 18.7 Å². The Kier molecular flexibility index (Phi) is 8.09. The number of hydrogen-bond acceptors (Lipinski definition) is 5. The molecule has 0 spiro atoms. The Morgan fingerprint density at radius 1 is 0.929 bits per heavy atom. The molecule has 13 heteroatoms. The predicted molar refractivity (Wildman–Crippen MR) is 150 cm³/mol. The number of rotatable bonds is 3. The van der Waals surface area contributed by atoms with Crippen molar-refractivity contribution in [2.75, 3.05) is 52.5 Å². The molecule has 3 aliphatic heterocycles. The number of aromatic nitrogens is 3. The minimum Gasteiger partial charge on any atom is -0.378 e. The monoisotopic (exact) mass is 583 g/mol. The van der Waals surface area contributed by atoms with E-state index in [0.717, 1.165) is 11.6 Å². The number of imidazole rings is 1. The van der Waals surface area contributed by atoms with Gasteiger partial charge in [0.1, 0.15) is 0 Å². The predicted octanol–water partition coefficient (Wildman–Crippen LogP) is 3.05. The number of carbonyl (C=O) groups excluding carboxylic acids is 2. The Bertz CT molecular complexity index is 1500. The standard InChI is InChI=1S/C29H35F2N7O4/c30-23-4-1-3-22(25(23)31)19-6-7-20(18-37(17-19)29(41)36-13-15-42-16-14-36)33-27(39)35-11-8-21(9-12-35)38-24-5-2-10-32-26(24)34-28(38)40/h1-5,10,19-21H,6-9,11-18H2,(H,33,39)(H,32,34,40)/t19-,20-/m1/s1. The number of urea groups is 2. The molecule has 2 N–H and O–H groups in total. The molecule has 0 radical (unpaired) electrons. The average molecular weight is 584 g/mol. The first-order chi connectivity index (χ1) is 20.4. The second-order valence-corrected chi connectivity index (χ2v) is 11.2. The van der Waals surface area contributed by atoms with Crippen molar-refractivity contribution in [3.05, 3.63) is 64.2 Å². The third-order valence-electron chi connectivity index (χ3n) is 8.65. The second-order valence-electron chi connectivity index (χ2n) is 11.2. The van der Waals surface area contributed by atoms with Crippen LogP contribution in [0.2, 0.25) is 0 Å². The van der Waals surface area contributed by atoms with E-state index in [4.69, 9.17) is 4.74 Å². The van der Waals surface area contributed by atoms with E-state index in [9.17, 15) is 23.2 Å². The Labute approximate surface area is 241 Å². The fourth-order valence-corrected chi connectivity index (χ4v) is 6.42. The fourth-order valence-electron chi connectivity index (χ4n) is 6.42. The molecular weight excluding hydrogens is 548 g/mol. The summed E-state index contributed by atoms with van der Waals surface area (Å²) in [7, 11) is 0. The SMILES string of the molecule is O=C(N[C@@H]1CC[C@@H](c2cccc(F)c2F)CN(C(=O)N2CCOCC2)C1)N1CCC(n2c(=O)[nH]c3ncccc32)CC1. The third-order valence-corrected chi connectivity index (χ3v) is 8.65. The van der Waals surface area contributed by atoms with Crippen LogP contribution in [0.5, 0.6) is 0 Å². The fraction of sp³-hybridized carbons (Fsp3) is 0.517. The lowest BCUT2D eigenvalue weighted by Gasteiger charge is -2.36. The van der Waals surface area contributed by atoms with Gasteiger partial charge in [0.15, 0.2) is 17.3 Å². The summed E-state index contributed by atoms with van der Waals surface area (Å²) in [5, 5.41) is 3.10. The molecule has 2 aromatic heterocycles. The summed E-state index contributed by atoms with van der Waals surface area (Å²) >= 11 is 0. The van der Waals surface area contributed by atoms with Gasteiger partial charge in [-0.2, -0.15) is 0 Å². The van der Waals surface area contributed by atoms with E-state index in [2.05, 4.69) is 15.3 Å². The molecule has 3 aromatic rings. The zero-order chi connectivity index (χ0) is 29.2. The van der Waals surface area contributed by atoms with Gasteiger partial charge >= 0.3 is 17.8 Å². The van der Waals surface area contributed by atoms with E-state index in [1.807, 2.05) is 6.07 Å². The summed E-state index contributed by atoms with van der Waals surface area (Å²) in [6.07, 6.45) is 3.85. The number of likely N-dealkylation sites (tertiary alicyclic amines) is 2. The average Bonchev–Trinajstić information content (AvgIpc) is 3.21. The quantitative estimate of drug-likeness (QED) is 0.492. The van der Waals surface area contributed by atoms with Crippen LogP contribution in [0.3, 0.4) is 0 Å². The number of H-pyrrole nitrogens is 1. The number of hydrogen-bond donors (Lipinski definition) is 2. The van der Waals surface area contributed by atoms with Gasteiger partial charge in [-0.05, 0) is 49.4 Å². The van der Waals surface area contributed by atoms with Crippen LogP contribution in [0.15, 0.2) is 41.3 Å². The third kappa shape index (κ3) is 5.69. The van der Waals surface area contributed by atoms with E-state index < -0.39 is 17.6 Å². The number of amides is 4. The minimum atomic E-state index is -0.915. The van der Waals surface area contributed by atoms with Gasteiger partial charge in [-0.15, -0.1) is 0 Å². The number of carbonyl (C=O) groups is 2. The summed E-state index contributed by atoms with van der Waals surface area (Å²) in [5.74, 6) is -2.22. The number of aromatic amines is 1. The van der Waals surface area contributed by atoms with Gasteiger partial charge in [0.2, 0.25) is 0 Å². The first kappa shape index (κ1) is 28.1. The van der Waals surface area contributed by atoms with Gasteiger partial charge < -0.3 is 24.8 Å². The molecule has 11 nitrogen and oxygen atoms in total. The van der Waals surface area contributed by atoms with Gasteiger partial charge in [-0.25, -0.2) is 28.1 Å². The number of piperidine rings is 1. The number of pyridine rings is 1. The molecule has 5 heterocycles. The molecule has 224 valence electrons. The molecule has 42 heavy (non-hydrogen) atoms. The summed E-state index contributed by atoms with van der Waals surface area (Å²) < 4.78 is 36.0. The van der Waals surface area contributed by atoms with Crippen LogP contribution >= 0.6 is 0 Å². The van der Waals surface area contributed by atoms with Crippen LogP contribution in [0.25, 0.3) is 11.2 Å². The number of ether oxygens (including phenoxy) is 1. The zero-order valence-corrected chi connectivity index (χ0v) is 23.3. The number of nitrogens with zero attached hydrogens (tertiary/aromatic N) is 5. The summed E-state index contributed by atoms with van der Waals surface area (Å²) in [4.78, 5) is 51.6. The van der Waals surface area contributed by atoms with E-state index in [1.54, 1.807) is 37.6 Å². The number of nitrogens with one attached hydrogen (secondary N) is 2. The normalized spacial score (nSPS) is 22.3. The number of benzene rings is 1. The Balaban J connectivity index is 1.13. The van der Waals surface area contributed by atoms with Crippen LogP contribution in [-0.2, 0) is 4.74 Å². The second kappa shape index (κ2) is 12.1. The van der Waals surface area contributed by atoms with Crippen molar-refractivity contribution in [3.8, 4) is 0 Å². The van der Waals surface area contributed by atoms with Gasteiger partial charge in [0, 0.05) is 63.5 Å². The van der Waals surface area contributed by atoms with Crippen LogP contribution in [0, 0.1) is 11.6 Å². The highest BCUT2D eigenvalue weighted by molar-refractivity contribution is 5.76. The van der Waals surface area contributed by atoms with E-state index in [-0.39, 0.29) is 48.5 Å². The van der Waals surface area contributed by atoms with Crippen LogP contribution in [-0.4, -0.2) is 99.8 Å². The smallest absolute Gasteiger partial charge is 0.327 e. The molecule has 6 rings (SSSR count). The van der Waals surface area contributed by atoms with Crippen molar-refractivity contribution >= 4 is 23.2 Å². The topological polar surface area (TPSA) is 116 Å². The first-order valence-electron chi connectivity index (χ1n) is 14.5. The van der Waals surface area contributed by atoms with Crippen LogP contribution < -0.4 is 11.0 Å². The van der Waals surface area contributed by atoms with Crippen LogP contribution in [0.1, 0.15) is 43.2 Å². The van der Waals surface area contributed by atoms with E-state index in [1.165, 1.54) is 6.07 Å². The molecule has 0 aliphatic carbocycles. The molecule has 3 aliphatic rings. The maximum atomic E-state index is 14.8. The van der Waals surface area contributed by atoms with Crippen molar-refractivity contribution in [1.82, 2.24) is 34.6 Å². The van der Waals surface area contributed by atoms with Crippen molar-refractivity contribution in [2.24, 2.45) is 0 Å². The molecular formula is C29H35F2N7O4. The molecule has 3 fully saturated rings. The van der Waals surface area contributed by atoms with Crippen molar-refractivity contribution in [1.29, 1.82) is 0 Å². The molecule has 3 saturated heterocycles. The highest BCUT2D eigenvalue weighted by Gasteiger charge is 2.34. The summed E-state index contributed by atoms with van der Waals surface area (Å²) in [6, 6.07) is 6.95. The van der Waals surface area contributed by atoms with E-state index in [0.29, 0.717) is 70.7 Å². The Morgan fingerprint density at radius 3 is 2.50 bits per heavy atom. The highest BCUT2D eigenvalue weighted by Crippen LogP contribution is 2.31. The maximum absolute atomic E-state index is 14.8.